The number of hydrogen-bond donors (Lipinski definition) is 1. The summed E-state index contributed by atoms with van der Waals surface area (Å²) >= 11 is 0. The molecule has 1 aliphatic heterocycles. The van der Waals surface area contributed by atoms with Crippen LogP contribution in [-0.4, -0.2) is 43.2 Å². The highest BCUT2D eigenvalue weighted by Gasteiger charge is 2.33. The van der Waals surface area contributed by atoms with E-state index in [4.69, 9.17) is 10.5 Å². The number of carbonyl (C=O) groups excluding carboxylic acids is 1. The van der Waals surface area contributed by atoms with Crippen LogP contribution in [0.15, 0.2) is 60.7 Å². The molecule has 134 valence electrons. The van der Waals surface area contributed by atoms with Crippen LogP contribution in [0.4, 0.5) is 0 Å². The van der Waals surface area contributed by atoms with E-state index < -0.39 is 0 Å². The third-order valence-corrected chi connectivity index (χ3v) is 4.55. The largest absolute Gasteiger partial charge is 0.371 e. The molecular formula is C20H25ClN2O2. The van der Waals surface area contributed by atoms with Crippen LogP contribution in [-0.2, 0) is 16.0 Å². The lowest BCUT2D eigenvalue weighted by Crippen LogP contribution is -2.34. The molecule has 3 rings (SSSR count). The highest BCUT2D eigenvalue weighted by atomic mass is 35.5. The Morgan fingerprint density at radius 2 is 1.68 bits per heavy atom. The van der Waals surface area contributed by atoms with Crippen molar-refractivity contribution in [3.05, 3.63) is 71.8 Å². The van der Waals surface area contributed by atoms with Gasteiger partial charge in [0.05, 0.1) is 6.61 Å². The van der Waals surface area contributed by atoms with Gasteiger partial charge in [-0.3, -0.25) is 4.79 Å². The van der Waals surface area contributed by atoms with Crippen LogP contribution in [0.25, 0.3) is 0 Å². The van der Waals surface area contributed by atoms with Crippen molar-refractivity contribution in [2.24, 2.45) is 5.73 Å². The van der Waals surface area contributed by atoms with Crippen molar-refractivity contribution in [2.45, 2.75) is 18.4 Å². The number of halogens is 1. The summed E-state index contributed by atoms with van der Waals surface area (Å²) in [6.45, 7) is 1.95. The van der Waals surface area contributed by atoms with E-state index in [0.29, 0.717) is 19.7 Å². The molecule has 1 heterocycles. The van der Waals surface area contributed by atoms with Crippen LogP contribution < -0.4 is 5.73 Å². The number of nitrogens with two attached hydrogens (primary N) is 1. The Labute approximate surface area is 155 Å². The molecule has 1 amide bonds. The molecule has 2 atom stereocenters. The zero-order valence-electron chi connectivity index (χ0n) is 14.2. The lowest BCUT2D eigenvalue weighted by molar-refractivity contribution is -0.135. The first-order chi connectivity index (χ1) is 11.7. The summed E-state index contributed by atoms with van der Waals surface area (Å²) in [5, 5.41) is 0. The molecule has 4 nitrogen and oxygen atoms in total. The Balaban J connectivity index is 0.00000225. The number of likely N-dealkylation sites (tertiary alicyclic amines) is 1. The highest BCUT2D eigenvalue weighted by molar-refractivity contribution is 5.85. The molecule has 1 fully saturated rings. The minimum absolute atomic E-state index is 0. The van der Waals surface area contributed by atoms with Crippen molar-refractivity contribution in [1.82, 2.24) is 4.90 Å². The number of nitrogens with zero attached hydrogens (tertiary/aromatic N) is 1. The van der Waals surface area contributed by atoms with Crippen LogP contribution in [0.1, 0.15) is 17.0 Å². The minimum Gasteiger partial charge on any atom is -0.371 e. The Morgan fingerprint density at radius 1 is 1.04 bits per heavy atom. The van der Waals surface area contributed by atoms with Crippen molar-refractivity contribution in [1.29, 1.82) is 0 Å². The summed E-state index contributed by atoms with van der Waals surface area (Å²) in [5.74, 6) is 0.233. The quantitative estimate of drug-likeness (QED) is 0.806. The minimum atomic E-state index is -0.0133. The summed E-state index contributed by atoms with van der Waals surface area (Å²) in [7, 11) is 0. The topological polar surface area (TPSA) is 55.6 Å². The summed E-state index contributed by atoms with van der Waals surface area (Å²) in [4.78, 5) is 14.1. The predicted octanol–water partition coefficient (Wildman–Crippen LogP) is 2.62. The van der Waals surface area contributed by atoms with Crippen molar-refractivity contribution >= 4 is 18.3 Å². The fraction of sp³-hybridized carbons (Fsp3) is 0.350. The third kappa shape index (κ3) is 5.30. The van der Waals surface area contributed by atoms with Gasteiger partial charge in [0.1, 0.15) is 6.61 Å². The molecule has 0 bridgehead atoms. The van der Waals surface area contributed by atoms with Gasteiger partial charge in [-0.2, -0.15) is 0 Å². The van der Waals surface area contributed by atoms with E-state index in [-0.39, 0.29) is 36.9 Å². The van der Waals surface area contributed by atoms with E-state index in [1.807, 2.05) is 41.3 Å². The first-order valence-corrected chi connectivity index (χ1v) is 8.44. The first kappa shape index (κ1) is 19.4. The maximum Gasteiger partial charge on any atom is 0.248 e. The van der Waals surface area contributed by atoms with E-state index in [1.165, 1.54) is 11.1 Å². The molecule has 0 saturated carbocycles. The maximum absolute atomic E-state index is 12.3. The van der Waals surface area contributed by atoms with Gasteiger partial charge in [0.15, 0.2) is 0 Å². The van der Waals surface area contributed by atoms with Gasteiger partial charge < -0.3 is 15.4 Å². The first-order valence-electron chi connectivity index (χ1n) is 8.44. The number of rotatable bonds is 6. The van der Waals surface area contributed by atoms with Gasteiger partial charge in [0.2, 0.25) is 5.91 Å². The third-order valence-electron chi connectivity index (χ3n) is 4.55. The Kier molecular flexibility index (Phi) is 7.44. The fourth-order valence-electron chi connectivity index (χ4n) is 3.17. The standard InChI is InChI=1S/C20H24N2O2.ClH/c21-19-14-22(13-18(19)17-9-5-2-6-10-17)20(23)15-24-12-11-16-7-3-1-4-8-16;/h1-10,18-19H,11-15,21H2;1H/t18-,19+;/m0./s1. The van der Waals surface area contributed by atoms with E-state index in [2.05, 4.69) is 24.3 Å². The van der Waals surface area contributed by atoms with Crippen LogP contribution >= 0.6 is 12.4 Å². The summed E-state index contributed by atoms with van der Waals surface area (Å²) in [5.41, 5.74) is 8.65. The number of carbonyl (C=O) groups is 1. The molecule has 2 aromatic carbocycles. The molecule has 0 radical (unpaired) electrons. The molecule has 0 aromatic heterocycles. The Hall–Kier alpha value is -1.88. The van der Waals surface area contributed by atoms with Gasteiger partial charge in [-0.05, 0) is 17.5 Å². The van der Waals surface area contributed by atoms with Gasteiger partial charge in [-0.15, -0.1) is 12.4 Å². The van der Waals surface area contributed by atoms with Crippen LogP contribution in [0.2, 0.25) is 0 Å². The number of benzene rings is 2. The monoisotopic (exact) mass is 360 g/mol. The smallest absolute Gasteiger partial charge is 0.248 e. The van der Waals surface area contributed by atoms with Crippen molar-refractivity contribution in [3.63, 3.8) is 0 Å². The van der Waals surface area contributed by atoms with Crippen molar-refractivity contribution < 1.29 is 9.53 Å². The maximum atomic E-state index is 12.3. The molecule has 5 heteroatoms. The van der Waals surface area contributed by atoms with Gasteiger partial charge in [-0.1, -0.05) is 60.7 Å². The SMILES string of the molecule is Cl.N[C@@H]1CN(C(=O)COCCc2ccccc2)C[C@H]1c1ccccc1. The number of hydrogen-bond acceptors (Lipinski definition) is 3. The number of ether oxygens (including phenoxy) is 1. The second kappa shape index (κ2) is 9.56. The summed E-state index contributed by atoms with van der Waals surface area (Å²) in [6.07, 6.45) is 0.820. The van der Waals surface area contributed by atoms with Crippen molar-refractivity contribution in [2.75, 3.05) is 26.3 Å². The lowest BCUT2D eigenvalue weighted by atomic mass is 9.95. The van der Waals surface area contributed by atoms with E-state index in [9.17, 15) is 4.79 Å². The molecule has 0 aliphatic carbocycles. The molecule has 2 aromatic rings. The van der Waals surface area contributed by atoms with Crippen LogP contribution in [0.5, 0.6) is 0 Å². The van der Waals surface area contributed by atoms with E-state index in [0.717, 1.165) is 6.42 Å². The zero-order valence-corrected chi connectivity index (χ0v) is 15.0. The predicted molar refractivity (Wildman–Crippen MR) is 102 cm³/mol. The number of amides is 1. The Morgan fingerprint density at radius 3 is 2.36 bits per heavy atom. The molecule has 1 aliphatic rings. The van der Waals surface area contributed by atoms with Crippen LogP contribution in [0, 0.1) is 0 Å². The van der Waals surface area contributed by atoms with Gasteiger partial charge in [0.25, 0.3) is 0 Å². The van der Waals surface area contributed by atoms with E-state index in [1.54, 1.807) is 0 Å². The summed E-state index contributed by atoms with van der Waals surface area (Å²) in [6, 6.07) is 20.3. The molecule has 25 heavy (non-hydrogen) atoms. The molecule has 2 N–H and O–H groups in total. The summed E-state index contributed by atoms with van der Waals surface area (Å²) < 4.78 is 5.56. The average Bonchev–Trinajstić information content (AvgIpc) is 3.02. The molecule has 0 spiro atoms. The van der Waals surface area contributed by atoms with Gasteiger partial charge >= 0.3 is 0 Å². The lowest BCUT2D eigenvalue weighted by Gasteiger charge is -2.16. The van der Waals surface area contributed by atoms with Crippen molar-refractivity contribution in [3.8, 4) is 0 Å². The second-order valence-corrected chi connectivity index (χ2v) is 6.27. The van der Waals surface area contributed by atoms with Gasteiger partial charge in [0, 0.05) is 25.0 Å². The molecule has 1 saturated heterocycles. The second-order valence-electron chi connectivity index (χ2n) is 6.27. The normalized spacial score (nSPS) is 19.5. The van der Waals surface area contributed by atoms with E-state index >= 15 is 0 Å². The van der Waals surface area contributed by atoms with Gasteiger partial charge in [-0.25, -0.2) is 0 Å². The highest BCUT2D eigenvalue weighted by Crippen LogP contribution is 2.26. The Bertz CT molecular complexity index is 651. The average molecular weight is 361 g/mol. The molecular weight excluding hydrogens is 336 g/mol. The van der Waals surface area contributed by atoms with Crippen LogP contribution in [0.3, 0.4) is 0 Å². The zero-order chi connectivity index (χ0) is 16.8. The molecule has 0 unspecified atom stereocenters. The fourth-order valence-corrected chi connectivity index (χ4v) is 3.17.